The normalized spacial score (nSPS) is 12.0. The molecule has 0 aliphatic rings. The van der Waals surface area contributed by atoms with Gasteiger partial charge >= 0.3 is 5.69 Å². The van der Waals surface area contributed by atoms with Crippen LogP contribution in [0.5, 0.6) is 0 Å². The summed E-state index contributed by atoms with van der Waals surface area (Å²) in [5.41, 5.74) is 1.83. The van der Waals surface area contributed by atoms with Crippen LogP contribution in [0.4, 0.5) is 15.8 Å². The molecule has 0 fully saturated rings. The fourth-order valence-electron chi connectivity index (χ4n) is 2.46. The first kappa shape index (κ1) is 17.6. The van der Waals surface area contributed by atoms with Crippen molar-refractivity contribution < 1.29 is 14.1 Å². The number of halogens is 1. The number of nitrogens with one attached hydrogen (secondary N) is 1. The molecule has 128 valence electrons. The van der Waals surface area contributed by atoms with Gasteiger partial charge in [0.25, 0.3) is 0 Å². The zero-order chi connectivity index (χ0) is 18.0. The summed E-state index contributed by atoms with van der Waals surface area (Å²) < 4.78 is 14.7. The number of nitrogens with zero attached hydrogens (tertiary/aromatic N) is 3. The largest absolute Gasteiger partial charge is 0.325 e. The highest BCUT2D eigenvalue weighted by molar-refractivity contribution is 5.92. The topological polar surface area (TPSA) is 90.1 Å². The van der Waals surface area contributed by atoms with E-state index in [-0.39, 0.29) is 18.1 Å². The van der Waals surface area contributed by atoms with Crippen LogP contribution in [0.15, 0.2) is 18.2 Å². The van der Waals surface area contributed by atoms with Gasteiger partial charge in [-0.2, -0.15) is 5.10 Å². The second-order valence-corrected chi connectivity index (χ2v) is 5.81. The van der Waals surface area contributed by atoms with Crippen molar-refractivity contribution in [3.63, 3.8) is 0 Å². The Bertz CT molecular complexity index is 801. The predicted octanol–water partition coefficient (Wildman–Crippen LogP) is 3.13. The smallest absolute Gasteiger partial charge is 0.312 e. The van der Waals surface area contributed by atoms with Crippen molar-refractivity contribution in [3.05, 3.63) is 51.1 Å². The highest BCUT2D eigenvalue weighted by Gasteiger charge is 2.24. The lowest BCUT2D eigenvalue weighted by Gasteiger charge is -2.14. The summed E-state index contributed by atoms with van der Waals surface area (Å²) >= 11 is 0. The van der Waals surface area contributed by atoms with Gasteiger partial charge in [-0.05, 0) is 38.5 Å². The van der Waals surface area contributed by atoms with Gasteiger partial charge in [0, 0.05) is 5.69 Å². The molecule has 24 heavy (non-hydrogen) atoms. The first-order valence-corrected chi connectivity index (χ1v) is 7.46. The standard InChI is InChI=1S/C16H19FN4O3/c1-9-5-6-13(17)7-14(9)18-16(22)10(2)8-20-12(4)15(21(23)24)11(3)19-20/h5-7,10H,8H2,1-4H3,(H,18,22). The Balaban J connectivity index is 2.14. The van der Waals surface area contributed by atoms with Gasteiger partial charge in [0.15, 0.2) is 0 Å². The van der Waals surface area contributed by atoms with E-state index in [2.05, 4.69) is 10.4 Å². The van der Waals surface area contributed by atoms with Crippen LogP contribution in [0, 0.1) is 42.6 Å². The third kappa shape index (κ3) is 3.58. The molecule has 2 aromatic rings. The molecule has 1 heterocycles. The molecule has 1 aromatic carbocycles. The lowest BCUT2D eigenvalue weighted by atomic mass is 10.1. The van der Waals surface area contributed by atoms with E-state index in [1.807, 2.05) is 0 Å². The highest BCUT2D eigenvalue weighted by atomic mass is 19.1. The minimum atomic E-state index is -0.495. The zero-order valence-electron chi connectivity index (χ0n) is 14.0. The molecule has 0 saturated carbocycles. The van der Waals surface area contributed by atoms with E-state index in [4.69, 9.17) is 0 Å². The first-order valence-electron chi connectivity index (χ1n) is 7.46. The van der Waals surface area contributed by atoms with Gasteiger partial charge in [0.2, 0.25) is 5.91 Å². The van der Waals surface area contributed by atoms with E-state index in [0.29, 0.717) is 17.1 Å². The maximum Gasteiger partial charge on any atom is 0.312 e. The predicted molar refractivity (Wildman–Crippen MR) is 87.3 cm³/mol. The number of benzene rings is 1. The lowest BCUT2D eigenvalue weighted by Crippen LogP contribution is -2.25. The minimum Gasteiger partial charge on any atom is -0.325 e. The molecular weight excluding hydrogens is 315 g/mol. The maximum absolute atomic E-state index is 13.3. The lowest BCUT2D eigenvalue weighted by molar-refractivity contribution is -0.386. The van der Waals surface area contributed by atoms with Crippen molar-refractivity contribution in [2.45, 2.75) is 34.2 Å². The first-order chi connectivity index (χ1) is 11.2. The van der Waals surface area contributed by atoms with Crippen molar-refractivity contribution in [3.8, 4) is 0 Å². The summed E-state index contributed by atoms with van der Waals surface area (Å²) in [4.78, 5) is 22.9. The molecular formula is C16H19FN4O3. The molecule has 1 N–H and O–H groups in total. The van der Waals surface area contributed by atoms with Crippen molar-refractivity contribution in [2.75, 3.05) is 5.32 Å². The average molecular weight is 334 g/mol. The SMILES string of the molecule is Cc1ccc(F)cc1NC(=O)C(C)Cn1nc(C)c([N+](=O)[O-])c1C. The highest BCUT2D eigenvalue weighted by Crippen LogP contribution is 2.23. The number of aryl methyl sites for hydroxylation is 2. The van der Waals surface area contributed by atoms with Crippen LogP contribution in [0.2, 0.25) is 0 Å². The Hall–Kier alpha value is -2.77. The summed E-state index contributed by atoms with van der Waals surface area (Å²) in [6.07, 6.45) is 0. The molecule has 1 atom stereocenters. The van der Waals surface area contributed by atoms with Gasteiger partial charge in [-0.1, -0.05) is 13.0 Å². The molecule has 0 saturated heterocycles. The van der Waals surface area contributed by atoms with Gasteiger partial charge in [-0.25, -0.2) is 4.39 Å². The van der Waals surface area contributed by atoms with Gasteiger partial charge in [0.05, 0.1) is 17.4 Å². The molecule has 7 nitrogen and oxygen atoms in total. The van der Waals surface area contributed by atoms with Crippen LogP contribution in [0.25, 0.3) is 0 Å². The van der Waals surface area contributed by atoms with E-state index in [1.54, 1.807) is 33.8 Å². The number of carbonyl (C=O) groups excluding carboxylic acids is 1. The number of rotatable bonds is 5. The van der Waals surface area contributed by atoms with Crippen LogP contribution in [0.3, 0.4) is 0 Å². The number of aromatic nitrogens is 2. The van der Waals surface area contributed by atoms with Gasteiger partial charge in [-0.15, -0.1) is 0 Å². The number of hydrogen-bond acceptors (Lipinski definition) is 4. The van der Waals surface area contributed by atoms with Gasteiger partial charge in [0.1, 0.15) is 17.2 Å². The molecule has 1 unspecified atom stereocenters. The van der Waals surface area contributed by atoms with Crippen LogP contribution < -0.4 is 5.32 Å². The molecule has 0 spiro atoms. The quantitative estimate of drug-likeness (QED) is 0.672. The Morgan fingerprint density at radius 3 is 2.67 bits per heavy atom. The molecule has 1 amide bonds. The third-order valence-corrected chi connectivity index (χ3v) is 3.88. The van der Waals surface area contributed by atoms with Crippen molar-refractivity contribution in [1.29, 1.82) is 0 Å². The summed E-state index contributed by atoms with van der Waals surface area (Å²) in [6, 6.07) is 4.16. The minimum absolute atomic E-state index is 0.0383. The van der Waals surface area contributed by atoms with Crippen LogP contribution in [-0.4, -0.2) is 20.6 Å². The Morgan fingerprint density at radius 2 is 2.08 bits per heavy atom. The maximum atomic E-state index is 13.3. The molecule has 2 rings (SSSR count). The van der Waals surface area contributed by atoms with Crippen molar-refractivity contribution >= 4 is 17.3 Å². The van der Waals surface area contributed by atoms with E-state index >= 15 is 0 Å². The number of nitro groups is 1. The Labute approximate surface area is 138 Å². The second kappa shape index (κ2) is 6.77. The number of hydrogen-bond donors (Lipinski definition) is 1. The van der Waals surface area contributed by atoms with Crippen LogP contribution in [-0.2, 0) is 11.3 Å². The number of amides is 1. The fourth-order valence-corrected chi connectivity index (χ4v) is 2.46. The van der Waals surface area contributed by atoms with Crippen molar-refractivity contribution in [2.24, 2.45) is 5.92 Å². The Morgan fingerprint density at radius 1 is 1.42 bits per heavy atom. The van der Waals surface area contributed by atoms with Gasteiger partial charge < -0.3 is 5.32 Å². The van der Waals surface area contributed by atoms with E-state index < -0.39 is 16.7 Å². The molecule has 0 radical (unpaired) electrons. The molecule has 0 aliphatic carbocycles. The van der Waals surface area contributed by atoms with E-state index in [0.717, 1.165) is 5.56 Å². The summed E-state index contributed by atoms with van der Waals surface area (Å²) in [5.74, 6) is -1.23. The number of carbonyl (C=O) groups is 1. The number of anilines is 1. The molecule has 1 aromatic heterocycles. The van der Waals surface area contributed by atoms with Crippen molar-refractivity contribution in [1.82, 2.24) is 9.78 Å². The molecule has 0 bridgehead atoms. The van der Waals surface area contributed by atoms with Crippen LogP contribution >= 0.6 is 0 Å². The van der Waals surface area contributed by atoms with E-state index in [1.165, 1.54) is 16.8 Å². The van der Waals surface area contributed by atoms with E-state index in [9.17, 15) is 19.3 Å². The third-order valence-electron chi connectivity index (χ3n) is 3.88. The second-order valence-electron chi connectivity index (χ2n) is 5.81. The van der Waals surface area contributed by atoms with Gasteiger partial charge in [-0.3, -0.25) is 19.6 Å². The molecule has 0 aliphatic heterocycles. The fraction of sp³-hybridized carbons (Fsp3) is 0.375. The van der Waals surface area contributed by atoms with Crippen LogP contribution in [0.1, 0.15) is 23.9 Å². The average Bonchev–Trinajstić information content (AvgIpc) is 2.77. The summed E-state index contributed by atoms with van der Waals surface area (Å²) in [5, 5.41) is 17.8. The summed E-state index contributed by atoms with van der Waals surface area (Å²) in [6.45, 7) is 6.80. The zero-order valence-corrected chi connectivity index (χ0v) is 14.0. The monoisotopic (exact) mass is 334 g/mol. The molecule has 8 heteroatoms. The Kier molecular flexibility index (Phi) is 4.96. The summed E-state index contributed by atoms with van der Waals surface area (Å²) in [7, 11) is 0.